The zero-order valence-corrected chi connectivity index (χ0v) is 13.1. The molecule has 1 fully saturated rings. The summed E-state index contributed by atoms with van der Waals surface area (Å²) in [7, 11) is 0. The van der Waals surface area contributed by atoms with Gasteiger partial charge in [0.15, 0.2) is 0 Å². The molecule has 2 rings (SSSR count). The van der Waals surface area contributed by atoms with E-state index in [4.69, 9.17) is 10.5 Å². The maximum atomic E-state index is 12.3. The van der Waals surface area contributed by atoms with Gasteiger partial charge >= 0.3 is 0 Å². The predicted molar refractivity (Wildman–Crippen MR) is 88.6 cm³/mol. The van der Waals surface area contributed by atoms with Crippen LogP contribution in [-0.2, 0) is 4.79 Å². The van der Waals surface area contributed by atoms with Gasteiger partial charge in [-0.2, -0.15) is 0 Å². The van der Waals surface area contributed by atoms with Gasteiger partial charge in [0.1, 0.15) is 5.75 Å². The number of nitrogens with zero attached hydrogens (tertiary/aromatic N) is 1. The van der Waals surface area contributed by atoms with E-state index in [2.05, 4.69) is 6.58 Å². The SMILES string of the molecule is C=CC[C@@H]1C[C@@H](CN)N(CCCCOc2ccccc2)C1=O. The third-order valence-electron chi connectivity index (χ3n) is 4.16. The Labute approximate surface area is 132 Å². The number of carbonyl (C=O) groups is 1. The fraction of sp³-hybridized carbons (Fsp3) is 0.500. The summed E-state index contributed by atoms with van der Waals surface area (Å²) >= 11 is 0. The summed E-state index contributed by atoms with van der Waals surface area (Å²) in [6.07, 6.45) is 5.32. The monoisotopic (exact) mass is 302 g/mol. The number of benzene rings is 1. The lowest BCUT2D eigenvalue weighted by Crippen LogP contribution is -2.39. The fourth-order valence-corrected chi connectivity index (χ4v) is 2.98. The van der Waals surface area contributed by atoms with Crippen LogP contribution in [0.2, 0.25) is 0 Å². The summed E-state index contributed by atoms with van der Waals surface area (Å²) in [4.78, 5) is 14.3. The highest BCUT2D eigenvalue weighted by molar-refractivity contribution is 5.81. The molecule has 0 aliphatic carbocycles. The Hall–Kier alpha value is -1.81. The Bertz CT molecular complexity index is 475. The van der Waals surface area contributed by atoms with Gasteiger partial charge in [-0.1, -0.05) is 24.3 Å². The second kappa shape index (κ2) is 8.59. The lowest BCUT2D eigenvalue weighted by Gasteiger charge is -2.23. The van der Waals surface area contributed by atoms with E-state index in [-0.39, 0.29) is 17.9 Å². The molecule has 120 valence electrons. The van der Waals surface area contributed by atoms with Gasteiger partial charge in [-0.3, -0.25) is 4.79 Å². The maximum absolute atomic E-state index is 12.3. The van der Waals surface area contributed by atoms with Crippen LogP contribution in [-0.4, -0.2) is 36.5 Å². The molecule has 2 N–H and O–H groups in total. The van der Waals surface area contributed by atoms with Gasteiger partial charge in [-0.15, -0.1) is 6.58 Å². The largest absolute Gasteiger partial charge is 0.494 e. The second-order valence-corrected chi connectivity index (χ2v) is 5.75. The van der Waals surface area contributed by atoms with Crippen LogP contribution < -0.4 is 10.5 Å². The van der Waals surface area contributed by atoms with Crippen molar-refractivity contribution >= 4 is 5.91 Å². The third kappa shape index (κ3) is 4.34. The second-order valence-electron chi connectivity index (χ2n) is 5.75. The first-order valence-corrected chi connectivity index (χ1v) is 8.05. The summed E-state index contributed by atoms with van der Waals surface area (Å²) in [5.41, 5.74) is 5.81. The van der Waals surface area contributed by atoms with Crippen LogP contribution in [0.5, 0.6) is 5.75 Å². The first-order valence-electron chi connectivity index (χ1n) is 8.05. The summed E-state index contributed by atoms with van der Waals surface area (Å²) in [6.45, 7) is 5.72. The van der Waals surface area contributed by atoms with Crippen molar-refractivity contribution in [3.63, 3.8) is 0 Å². The molecule has 4 nitrogen and oxygen atoms in total. The van der Waals surface area contributed by atoms with Crippen molar-refractivity contribution < 1.29 is 9.53 Å². The first-order chi connectivity index (χ1) is 10.8. The van der Waals surface area contributed by atoms with Crippen LogP contribution in [0.1, 0.15) is 25.7 Å². The highest BCUT2D eigenvalue weighted by Crippen LogP contribution is 2.27. The number of hydrogen-bond acceptors (Lipinski definition) is 3. The van der Waals surface area contributed by atoms with Crippen molar-refractivity contribution in [2.24, 2.45) is 11.7 Å². The molecular weight excluding hydrogens is 276 g/mol. The van der Waals surface area contributed by atoms with Crippen molar-refractivity contribution in [2.75, 3.05) is 19.7 Å². The molecule has 1 aromatic carbocycles. The predicted octanol–water partition coefficient (Wildman–Crippen LogP) is 2.60. The average Bonchev–Trinajstić information content (AvgIpc) is 2.84. The average molecular weight is 302 g/mol. The van der Waals surface area contributed by atoms with E-state index in [1.807, 2.05) is 41.3 Å². The van der Waals surface area contributed by atoms with Gasteiger partial charge in [0.25, 0.3) is 0 Å². The molecule has 0 unspecified atom stereocenters. The summed E-state index contributed by atoms with van der Waals surface area (Å²) in [5, 5.41) is 0. The molecule has 1 saturated heterocycles. The molecule has 0 aromatic heterocycles. The van der Waals surface area contributed by atoms with E-state index in [0.717, 1.165) is 38.0 Å². The highest BCUT2D eigenvalue weighted by Gasteiger charge is 2.37. The lowest BCUT2D eigenvalue weighted by atomic mass is 10.0. The van der Waals surface area contributed by atoms with Crippen molar-refractivity contribution in [3.8, 4) is 5.75 Å². The van der Waals surface area contributed by atoms with E-state index in [9.17, 15) is 4.79 Å². The molecule has 1 amide bonds. The maximum Gasteiger partial charge on any atom is 0.226 e. The molecule has 0 spiro atoms. The number of hydrogen-bond donors (Lipinski definition) is 1. The molecule has 0 bridgehead atoms. The van der Waals surface area contributed by atoms with Gasteiger partial charge in [0.05, 0.1) is 6.61 Å². The number of unbranched alkanes of at least 4 members (excludes halogenated alkanes) is 1. The van der Waals surface area contributed by atoms with E-state index < -0.39 is 0 Å². The van der Waals surface area contributed by atoms with Crippen molar-refractivity contribution in [1.29, 1.82) is 0 Å². The zero-order chi connectivity index (χ0) is 15.8. The van der Waals surface area contributed by atoms with Crippen LogP contribution in [0.15, 0.2) is 43.0 Å². The zero-order valence-electron chi connectivity index (χ0n) is 13.1. The van der Waals surface area contributed by atoms with Gasteiger partial charge in [0, 0.05) is 25.0 Å². The highest BCUT2D eigenvalue weighted by atomic mass is 16.5. The Morgan fingerprint density at radius 1 is 1.32 bits per heavy atom. The van der Waals surface area contributed by atoms with Crippen molar-refractivity contribution in [3.05, 3.63) is 43.0 Å². The molecule has 22 heavy (non-hydrogen) atoms. The van der Waals surface area contributed by atoms with Gasteiger partial charge in [-0.25, -0.2) is 0 Å². The fourth-order valence-electron chi connectivity index (χ4n) is 2.98. The smallest absolute Gasteiger partial charge is 0.226 e. The molecule has 1 aromatic rings. The number of ether oxygens (including phenoxy) is 1. The van der Waals surface area contributed by atoms with Crippen molar-refractivity contribution in [1.82, 2.24) is 4.90 Å². The lowest BCUT2D eigenvalue weighted by molar-refractivity contribution is -0.131. The topological polar surface area (TPSA) is 55.6 Å². The molecule has 0 radical (unpaired) electrons. The van der Waals surface area contributed by atoms with E-state index in [1.54, 1.807) is 0 Å². The molecule has 0 saturated carbocycles. The minimum Gasteiger partial charge on any atom is -0.494 e. The third-order valence-corrected chi connectivity index (χ3v) is 4.16. The van der Waals surface area contributed by atoms with Crippen LogP contribution in [0.3, 0.4) is 0 Å². The standard InChI is InChI=1S/C18H26N2O2/c1-2-8-15-13-16(14-19)20(18(15)21)11-6-7-12-22-17-9-4-3-5-10-17/h2-5,9-10,15-16H,1,6-8,11-14,19H2/t15-,16+/m1/s1. The Morgan fingerprint density at radius 3 is 2.77 bits per heavy atom. The molecule has 4 heteroatoms. The molecule has 1 heterocycles. The Kier molecular flexibility index (Phi) is 6.46. The normalized spacial score (nSPS) is 21.1. The first kappa shape index (κ1) is 16.6. The number of para-hydroxylation sites is 1. The van der Waals surface area contributed by atoms with Crippen LogP contribution in [0.4, 0.5) is 0 Å². The summed E-state index contributed by atoms with van der Waals surface area (Å²) in [5.74, 6) is 1.21. The number of amides is 1. The summed E-state index contributed by atoms with van der Waals surface area (Å²) in [6, 6.07) is 9.99. The van der Waals surface area contributed by atoms with Crippen LogP contribution >= 0.6 is 0 Å². The Morgan fingerprint density at radius 2 is 2.09 bits per heavy atom. The number of rotatable bonds is 9. The molecular formula is C18H26N2O2. The van der Waals surface area contributed by atoms with Gasteiger partial charge in [-0.05, 0) is 37.8 Å². The van der Waals surface area contributed by atoms with Crippen LogP contribution in [0, 0.1) is 5.92 Å². The number of allylic oxidation sites excluding steroid dienone is 1. The number of nitrogens with two attached hydrogens (primary N) is 1. The van der Waals surface area contributed by atoms with Gasteiger partial charge in [0.2, 0.25) is 5.91 Å². The van der Waals surface area contributed by atoms with Gasteiger partial charge < -0.3 is 15.4 Å². The minimum absolute atomic E-state index is 0.0756. The molecule has 1 aliphatic heterocycles. The molecule has 2 atom stereocenters. The number of likely N-dealkylation sites (tertiary alicyclic amines) is 1. The molecule has 1 aliphatic rings. The van der Waals surface area contributed by atoms with Crippen LogP contribution in [0.25, 0.3) is 0 Å². The van der Waals surface area contributed by atoms with Crippen molar-refractivity contribution in [2.45, 2.75) is 31.7 Å². The van der Waals surface area contributed by atoms with E-state index in [0.29, 0.717) is 13.2 Å². The Balaban J connectivity index is 1.71. The minimum atomic E-state index is 0.0756. The van der Waals surface area contributed by atoms with E-state index in [1.165, 1.54) is 0 Å². The quantitative estimate of drug-likeness (QED) is 0.563. The summed E-state index contributed by atoms with van der Waals surface area (Å²) < 4.78 is 5.67. The van der Waals surface area contributed by atoms with E-state index >= 15 is 0 Å². The number of carbonyl (C=O) groups excluding carboxylic acids is 1.